The minimum atomic E-state index is 0.0852. The Morgan fingerprint density at radius 3 is 2.10 bits per heavy atom. The molecule has 0 aliphatic heterocycles. The van der Waals surface area contributed by atoms with Crippen molar-refractivity contribution in [2.24, 2.45) is 0 Å². The number of nitrogens with zero attached hydrogens (tertiary/aromatic N) is 1. The first-order valence-electron chi connectivity index (χ1n) is 6.84. The average molecular weight is 270 g/mol. The highest BCUT2D eigenvalue weighted by Gasteiger charge is 2.05. The fourth-order valence-electron chi connectivity index (χ4n) is 2.10. The lowest BCUT2D eigenvalue weighted by atomic mass is 10.1. The molecule has 3 heteroatoms. The molecule has 2 aromatic rings. The number of benzene rings is 2. The molecule has 2 aromatic carbocycles. The van der Waals surface area contributed by atoms with Crippen molar-refractivity contribution in [3.8, 4) is 0 Å². The molecule has 0 saturated carbocycles. The second-order valence-electron chi connectivity index (χ2n) is 5.21. The second kappa shape index (κ2) is 6.44. The Labute approximate surface area is 120 Å². The summed E-state index contributed by atoms with van der Waals surface area (Å²) in [5.41, 5.74) is 4.44. The van der Waals surface area contributed by atoms with Crippen LogP contribution in [0, 0.1) is 0 Å². The summed E-state index contributed by atoms with van der Waals surface area (Å²) in [5, 5.41) is 12.5. The van der Waals surface area contributed by atoms with E-state index < -0.39 is 0 Å². The lowest BCUT2D eigenvalue weighted by Gasteiger charge is -2.18. The average Bonchev–Trinajstić information content (AvgIpc) is 2.48. The maximum atomic E-state index is 9.03. The summed E-state index contributed by atoms with van der Waals surface area (Å²) in [4.78, 5) is 2.09. The van der Waals surface area contributed by atoms with Crippen molar-refractivity contribution in [1.29, 1.82) is 0 Å². The van der Waals surface area contributed by atoms with Crippen molar-refractivity contribution in [2.45, 2.75) is 19.6 Å². The smallest absolute Gasteiger partial charge is 0.0681 e. The first kappa shape index (κ1) is 14.4. The van der Waals surface area contributed by atoms with E-state index in [1.54, 1.807) is 0 Å². The van der Waals surface area contributed by atoms with E-state index in [0.29, 0.717) is 0 Å². The van der Waals surface area contributed by atoms with Crippen molar-refractivity contribution in [3.63, 3.8) is 0 Å². The van der Waals surface area contributed by atoms with Gasteiger partial charge >= 0.3 is 0 Å². The molecular formula is C17H22N2O. The molecule has 0 aromatic heterocycles. The van der Waals surface area contributed by atoms with Crippen LogP contribution in [0.4, 0.5) is 11.4 Å². The largest absolute Gasteiger partial charge is 0.392 e. The summed E-state index contributed by atoms with van der Waals surface area (Å²) >= 11 is 0. The van der Waals surface area contributed by atoms with Gasteiger partial charge in [0.2, 0.25) is 0 Å². The molecule has 0 fully saturated rings. The zero-order chi connectivity index (χ0) is 14.5. The molecule has 0 aliphatic rings. The second-order valence-corrected chi connectivity index (χ2v) is 5.21. The third-order valence-corrected chi connectivity index (χ3v) is 3.43. The zero-order valence-corrected chi connectivity index (χ0v) is 12.3. The Morgan fingerprint density at radius 1 is 1.00 bits per heavy atom. The highest BCUT2D eigenvalue weighted by atomic mass is 16.3. The molecule has 106 valence electrons. The molecule has 0 amide bonds. The van der Waals surface area contributed by atoms with Crippen molar-refractivity contribution in [1.82, 2.24) is 0 Å². The van der Waals surface area contributed by atoms with Crippen LogP contribution < -0.4 is 10.2 Å². The van der Waals surface area contributed by atoms with E-state index in [2.05, 4.69) is 41.4 Å². The van der Waals surface area contributed by atoms with Gasteiger partial charge in [0, 0.05) is 31.5 Å². The maximum absolute atomic E-state index is 9.03. The molecule has 1 unspecified atom stereocenters. The van der Waals surface area contributed by atoms with Crippen LogP contribution in [0.1, 0.15) is 24.1 Å². The van der Waals surface area contributed by atoms with Gasteiger partial charge in [0.25, 0.3) is 0 Å². The normalized spacial score (nSPS) is 12.0. The number of hydrogen-bond donors (Lipinski definition) is 2. The van der Waals surface area contributed by atoms with Crippen molar-refractivity contribution < 1.29 is 5.11 Å². The Bertz CT molecular complexity index is 532. The molecule has 20 heavy (non-hydrogen) atoms. The zero-order valence-electron chi connectivity index (χ0n) is 12.3. The SMILES string of the molecule is CC(Nc1ccc(CO)cc1)c1ccc(N(C)C)cc1. The molecule has 0 saturated heterocycles. The minimum Gasteiger partial charge on any atom is -0.392 e. The van der Waals surface area contributed by atoms with Crippen LogP contribution in [-0.4, -0.2) is 19.2 Å². The number of aliphatic hydroxyl groups excluding tert-OH is 1. The van der Waals surface area contributed by atoms with Gasteiger partial charge in [-0.3, -0.25) is 0 Å². The lowest BCUT2D eigenvalue weighted by molar-refractivity contribution is 0.282. The quantitative estimate of drug-likeness (QED) is 0.874. The van der Waals surface area contributed by atoms with Gasteiger partial charge in [-0.15, -0.1) is 0 Å². The van der Waals surface area contributed by atoms with Gasteiger partial charge in [-0.1, -0.05) is 24.3 Å². The molecule has 0 aliphatic carbocycles. The Balaban J connectivity index is 2.04. The molecule has 3 nitrogen and oxygen atoms in total. The Hall–Kier alpha value is -2.00. The Kier molecular flexibility index (Phi) is 4.64. The number of anilines is 2. The van der Waals surface area contributed by atoms with E-state index in [4.69, 9.17) is 5.11 Å². The van der Waals surface area contributed by atoms with Gasteiger partial charge < -0.3 is 15.3 Å². The number of aliphatic hydroxyl groups is 1. The highest BCUT2D eigenvalue weighted by molar-refractivity contribution is 5.49. The molecule has 1 atom stereocenters. The van der Waals surface area contributed by atoms with E-state index in [9.17, 15) is 0 Å². The summed E-state index contributed by atoms with van der Waals surface area (Å²) in [6.45, 7) is 2.23. The third-order valence-electron chi connectivity index (χ3n) is 3.43. The lowest BCUT2D eigenvalue weighted by Crippen LogP contribution is -2.10. The number of rotatable bonds is 5. The molecule has 0 bridgehead atoms. The minimum absolute atomic E-state index is 0.0852. The summed E-state index contributed by atoms with van der Waals surface area (Å²) in [6, 6.07) is 16.7. The van der Waals surface area contributed by atoms with Gasteiger partial charge in [0.15, 0.2) is 0 Å². The fourth-order valence-corrected chi connectivity index (χ4v) is 2.10. The summed E-state index contributed by atoms with van der Waals surface area (Å²) in [5.74, 6) is 0. The first-order chi connectivity index (χ1) is 9.60. The number of nitrogens with one attached hydrogen (secondary N) is 1. The van der Waals surface area contributed by atoms with Gasteiger partial charge in [0.05, 0.1) is 6.61 Å². The predicted octanol–water partition coefficient (Wildman–Crippen LogP) is 3.42. The molecule has 0 radical (unpaired) electrons. The van der Waals surface area contributed by atoms with Crippen LogP contribution in [-0.2, 0) is 6.61 Å². The Morgan fingerprint density at radius 2 is 1.60 bits per heavy atom. The van der Waals surface area contributed by atoms with E-state index in [0.717, 1.165) is 11.3 Å². The summed E-state index contributed by atoms with van der Waals surface area (Å²) < 4.78 is 0. The predicted molar refractivity (Wildman–Crippen MR) is 85.2 cm³/mol. The van der Waals surface area contributed by atoms with E-state index in [1.165, 1.54) is 11.3 Å². The maximum Gasteiger partial charge on any atom is 0.0681 e. The highest BCUT2D eigenvalue weighted by Crippen LogP contribution is 2.22. The van der Waals surface area contributed by atoms with Gasteiger partial charge in [-0.2, -0.15) is 0 Å². The van der Waals surface area contributed by atoms with Crippen LogP contribution in [0.3, 0.4) is 0 Å². The topological polar surface area (TPSA) is 35.5 Å². The van der Waals surface area contributed by atoms with Crippen LogP contribution >= 0.6 is 0 Å². The van der Waals surface area contributed by atoms with Crippen molar-refractivity contribution >= 4 is 11.4 Å². The first-order valence-corrected chi connectivity index (χ1v) is 6.84. The molecule has 2 N–H and O–H groups in total. The van der Waals surface area contributed by atoms with Crippen LogP contribution in [0.25, 0.3) is 0 Å². The molecule has 0 heterocycles. The van der Waals surface area contributed by atoms with E-state index >= 15 is 0 Å². The van der Waals surface area contributed by atoms with Crippen LogP contribution in [0.15, 0.2) is 48.5 Å². The van der Waals surface area contributed by atoms with Gasteiger partial charge in [0.1, 0.15) is 0 Å². The van der Waals surface area contributed by atoms with E-state index in [1.807, 2.05) is 38.4 Å². The molecule has 2 rings (SSSR count). The van der Waals surface area contributed by atoms with Gasteiger partial charge in [-0.25, -0.2) is 0 Å². The molecular weight excluding hydrogens is 248 g/mol. The summed E-state index contributed by atoms with van der Waals surface area (Å²) in [6.07, 6.45) is 0. The van der Waals surface area contributed by atoms with Gasteiger partial charge in [-0.05, 0) is 42.3 Å². The standard InChI is InChI=1S/C17H22N2O/c1-13(15-6-10-17(11-7-15)19(2)3)18-16-8-4-14(12-20)5-9-16/h4-11,13,18,20H,12H2,1-3H3. The van der Waals surface area contributed by atoms with Crippen molar-refractivity contribution in [2.75, 3.05) is 24.3 Å². The third kappa shape index (κ3) is 3.52. The van der Waals surface area contributed by atoms with Crippen LogP contribution in [0.2, 0.25) is 0 Å². The fraction of sp³-hybridized carbons (Fsp3) is 0.294. The van der Waals surface area contributed by atoms with Crippen LogP contribution in [0.5, 0.6) is 0 Å². The molecule has 0 spiro atoms. The van der Waals surface area contributed by atoms with Crippen molar-refractivity contribution in [3.05, 3.63) is 59.7 Å². The van der Waals surface area contributed by atoms with E-state index in [-0.39, 0.29) is 12.6 Å². The summed E-state index contributed by atoms with van der Waals surface area (Å²) in [7, 11) is 4.08. The monoisotopic (exact) mass is 270 g/mol. The number of hydrogen-bond acceptors (Lipinski definition) is 3.